The Bertz CT molecular complexity index is 262. The van der Waals surface area contributed by atoms with Crippen LogP contribution in [0.5, 0.6) is 0 Å². The highest BCUT2D eigenvalue weighted by Gasteiger charge is 2.24. The van der Waals surface area contributed by atoms with Gasteiger partial charge in [-0.3, -0.25) is 0 Å². The second-order valence-electron chi connectivity index (χ2n) is 3.41. The van der Waals surface area contributed by atoms with E-state index in [1.165, 1.54) is 18.1 Å². The van der Waals surface area contributed by atoms with Crippen molar-refractivity contribution < 1.29 is 5.11 Å². The summed E-state index contributed by atoms with van der Waals surface area (Å²) in [6.45, 7) is 8.32. The van der Waals surface area contributed by atoms with E-state index in [1.54, 1.807) is 6.92 Å². The lowest BCUT2D eigenvalue weighted by atomic mass is 10.4. The zero-order valence-electron chi connectivity index (χ0n) is 9.65. The second-order valence-corrected chi connectivity index (χ2v) is 8.34. The molecule has 14 heavy (non-hydrogen) atoms. The van der Waals surface area contributed by atoms with Gasteiger partial charge in [-0.1, -0.05) is 32.6 Å². The highest BCUT2D eigenvalue weighted by molar-refractivity contribution is 6.87. The van der Waals surface area contributed by atoms with Crippen molar-refractivity contribution in [2.45, 2.75) is 51.9 Å². The average molecular weight is 208 g/mol. The third-order valence-electron chi connectivity index (χ3n) is 2.79. The maximum Gasteiger partial charge on any atom is 0.175 e. The summed E-state index contributed by atoms with van der Waals surface area (Å²) in [7, 11) is -1.40. The zero-order valence-corrected chi connectivity index (χ0v) is 10.6. The van der Waals surface area contributed by atoms with Gasteiger partial charge in [0.25, 0.3) is 0 Å². The van der Waals surface area contributed by atoms with Crippen molar-refractivity contribution in [1.29, 1.82) is 0 Å². The third kappa shape index (κ3) is 4.00. The molecular formula is C12H20OSi. The van der Waals surface area contributed by atoms with Crippen LogP contribution in [0.2, 0.25) is 18.1 Å². The van der Waals surface area contributed by atoms with E-state index in [0.717, 1.165) is 0 Å². The van der Waals surface area contributed by atoms with Crippen LogP contribution in [0.4, 0.5) is 0 Å². The van der Waals surface area contributed by atoms with Crippen LogP contribution in [-0.2, 0) is 0 Å². The van der Waals surface area contributed by atoms with Crippen molar-refractivity contribution in [1.82, 2.24) is 0 Å². The first-order valence-corrected chi connectivity index (χ1v) is 7.89. The van der Waals surface area contributed by atoms with E-state index in [2.05, 4.69) is 44.1 Å². The first kappa shape index (κ1) is 13.3. The molecule has 0 heterocycles. The Kier molecular flexibility index (Phi) is 6.37. The first-order valence-electron chi connectivity index (χ1n) is 5.27. The van der Waals surface area contributed by atoms with Crippen LogP contribution in [0.25, 0.3) is 0 Å². The van der Waals surface area contributed by atoms with Crippen molar-refractivity contribution in [3.63, 3.8) is 0 Å². The van der Waals surface area contributed by atoms with E-state index < -0.39 is 14.2 Å². The smallest absolute Gasteiger partial charge is 0.175 e. The molecule has 0 saturated carbocycles. The van der Waals surface area contributed by atoms with E-state index in [9.17, 15) is 5.11 Å². The molecule has 0 aliphatic heterocycles. The predicted molar refractivity (Wildman–Crippen MR) is 64.4 cm³/mol. The summed E-state index contributed by atoms with van der Waals surface area (Å²) in [5.41, 5.74) is 3.30. The standard InChI is InChI=1S/C12H20OSi/c1-5-9-12(13)10-11-14(6-2,7-3)8-4/h12-13H,6-8H2,1-4H3. The SMILES string of the molecule is CC#CC(O)C#C[Si](CC)(CC)CC. The summed E-state index contributed by atoms with van der Waals surface area (Å²) >= 11 is 0. The predicted octanol–water partition coefficient (Wildman–Crippen LogP) is 2.42. The molecule has 0 spiro atoms. The summed E-state index contributed by atoms with van der Waals surface area (Å²) in [6, 6.07) is 3.50. The molecule has 1 atom stereocenters. The molecule has 0 aromatic carbocycles. The summed E-state index contributed by atoms with van der Waals surface area (Å²) in [5.74, 6) is 8.19. The number of aliphatic hydroxyl groups is 1. The van der Waals surface area contributed by atoms with E-state index in [4.69, 9.17) is 0 Å². The number of rotatable bonds is 3. The summed E-state index contributed by atoms with van der Waals surface area (Å²) in [5, 5.41) is 9.37. The van der Waals surface area contributed by atoms with Crippen LogP contribution in [0.3, 0.4) is 0 Å². The molecule has 0 amide bonds. The van der Waals surface area contributed by atoms with Gasteiger partial charge < -0.3 is 5.11 Å². The van der Waals surface area contributed by atoms with Crippen LogP contribution in [0, 0.1) is 23.3 Å². The van der Waals surface area contributed by atoms with Crippen molar-refractivity contribution in [2.24, 2.45) is 0 Å². The van der Waals surface area contributed by atoms with Crippen molar-refractivity contribution in [3.8, 4) is 23.3 Å². The molecule has 0 saturated heterocycles. The first-order chi connectivity index (χ1) is 6.64. The third-order valence-corrected chi connectivity index (χ3v) is 7.52. The van der Waals surface area contributed by atoms with E-state index in [1.807, 2.05) is 0 Å². The largest absolute Gasteiger partial charge is 0.369 e. The van der Waals surface area contributed by atoms with E-state index in [0.29, 0.717) is 0 Å². The molecule has 0 aromatic rings. The molecule has 78 valence electrons. The Morgan fingerprint density at radius 1 is 1.07 bits per heavy atom. The van der Waals surface area contributed by atoms with Crippen molar-refractivity contribution in [3.05, 3.63) is 0 Å². The highest BCUT2D eigenvalue weighted by atomic mass is 28.3. The lowest BCUT2D eigenvalue weighted by Gasteiger charge is -2.20. The monoisotopic (exact) mass is 208 g/mol. The van der Waals surface area contributed by atoms with Crippen LogP contribution >= 0.6 is 0 Å². The van der Waals surface area contributed by atoms with Gasteiger partial charge in [-0.15, -0.1) is 11.5 Å². The summed E-state index contributed by atoms with van der Waals surface area (Å²) in [4.78, 5) is 0. The Hall–Kier alpha value is -0.703. The zero-order chi connectivity index (χ0) is 11.0. The molecular weight excluding hydrogens is 188 g/mol. The maximum atomic E-state index is 9.37. The number of hydrogen-bond donors (Lipinski definition) is 1. The quantitative estimate of drug-likeness (QED) is 0.558. The lowest BCUT2D eigenvalue weighted by molar-refractivity contribution is 0.289. The van der Waals surface area contributed by atoms with Gasteiger partial charge in [0.05, 0.1) is 0 Å². The molecule has 0 aliphatic carbocycles. The Morgan fingerprint density at radius 3 is 1.93 bits per heavy atom. The fourth-order valence-corrected chi connectivity index (χ4v) is 3.88. The van der Waals surface area contributed by atoms with E-state index >= 15 is 0 Å². The minimum Gasteiger partial charge on any atom is -0.369 e. The fourth-order valence-electron chi connectivity index (χ4n) is 1.41. The fraction of sp³-hybridized carbons (Fsp3) is 0.667. The van der Waals surface area contributed by atoms with E-state index in [-0.39, 0.29) is 0 Å². The molecule has 0 aromatic heterocycles. The van der Waals surface area contributed by atoms with Crippen LogP contribution in [0.1, 0.15) is 27.7 Å². The average Bonchev–Trinajstić information content (AvgIpc) is 2.21. The molecule has 1 nitrogen and oxygen atoms in total. The molecule has 0 fully saturated rings. The molecule has 0 radical (unpaired) electrons. The highest BCUT2D eigenvalue weighted by Crippen LogP contribution is 2.18. The molecule has 0 bridgehead atoms. The van der Waals surface area contributed by atoms with Gasteiger partial charge in [0.2, 0.25) is 0 Å². The molecule has 0 aliphatic rings. The molecule has 1 N–H and O–H groups in total. The summed E-state index contributed by atoms with van der Waals surface area (Å²) in [6.07, 6.45) is -0.753. The van der Waals surface area contributed by atoms with Gasteiger partial charge >= 0.3 is 0 Å². The Labute approximate surface area is 88.9 Å². The molecule has 1 unspecified atom stereocenters. The van der Waals surface area contributed by atoms with Gasteiger partial charge in [-0.2, -0.15) is 0 Å². The van der Waals surface area contributed by atoms with Gasteiger partial charge in [-0.05, 0) is 25.1 Å². The molecule has 0 rings (SSSR count). The van der Waals surface area contributed by atoms with Gasteiger partial charge in [0.1, 0.15) is 8.07 Å². The Balaban J connectivity index is 4.62. The minimum absolute atomic E-state index is 0.753. The number of aliphatic hydroxyl groups excluding tert-OH is 1. The lowest BCUT2D eigenvalue weighted by Crippen LogP contribution is -2.29. The normalized spacial score (nSPS) is 12.1. The summed E-state index contributed by atoms with van der Waals surface area (Å²) < 4.78 is 0. The van der Waals surface area contributed by atoms with Crippen LogP contribution < -0.4 is 0 Å². The van der Waals surface area contributed by atoms with Crippen molar-refractivity contribution in [2.75, 3.05) is 0 Å². The maximum absolute atomic E-state index is 9.37. The van der Waals surface area contributed by atoms with Gasteiger partial charge in [0.15, 0.2) is 6.10 Å². The molecule has 2 heteroatoms. The van der Waals surface area contributed by atoms with Gasteiger partial charge in [0, 0.05) is 0 Å². The van der Waals surface area contributed by atoms with Crippen LogP contribution in [-0.4, -0.2) is 19.3 Å². The minimum atomic E-state index is -1.40. The van der Waals surface area contributed by atoms with Crippen LogP contribution in [0.15, 0.2) is 0 Å². The number of hydrogen-bond acceptors (Lipinski definition) is 1. The van der Waals surface area contributed by atoms with Crippen molar-refractivity contribution >= 4 is 8.07 Å². The van der Waals surface area contributed by atoms with Gasteiger partial charge in [-0.25, -0.2) is 0 Å². The second kappa shape index (κ2) is 6.71. The topological polar surface area (TPSA) is 20.2 Å². The Morgan fingerprint density at radius 2 is 1.57 bits per heavy atom.